The maximum Gasteiger partial charge on any atom is 0.273 e. The van der Waals surface area contributed by atoms with Crippen LogP contribution in [-0.2, 0) is 11.3 Å². The fourth-order valence-corrected chi connectivity index (χ4v) is 1.86. The molecule has 0 aromatic carbocycles. The highest BCUT2D eigenvalue weighted by atomic mass is 127. The lowest BCUT2D eigenvalue weighted by molar-refractivity contribution is 0.0943. The van der Waals surface area contributed by atoms with Gasteiger partial charge in [-0.25, -0.2) is 0 Å². The van der Waals surface area contributed by atoms with Gasteiger partial charge in [0.25, 0.3) is 5.91 Å². The van der Waals surface area contributed by atoms with Gasteiger partial charge in [-0.05, 0) is 17.3 Å². The van der Waals surface area contributed by atoms with Crippen molar-refractivity contribution in [1.82, 2.24) is 10.5 Å². The molecule has 1 rings (SSSR count). The van der Waals surface area contributed by atoms with Crippen molar-refractivity contribution < 1.29 is 14.1 Å². The molecule has 1 amide bonds. The second-order valence-corrected chi connectivity index (χ2v) is 4.70. The molecular formula is C11H17IN2O3. The third-order valence-electron chi connectivity index (χ3n) is 2.17. The van der Waals surface area contributed by atoms with E-state index in [0.717, 1.165) is 17.3 Å². The van der Waals surface area contributed by atoms with E-state index in [1.54, 1.807) is 13.2 Å². The summed E-state index contributed by atoms with van der Waals surface area (Å²) in [7, 11) is 1.56. The summed E-state index contributed by atoms with van der Waals surface area (Å²) in [6, 6.07) is 1.60. The second-order valence-electron chi connectivity index (χ2n) is 3.62. The van der Waals surface area contributed by atoms with Gasteiger partial charge in [-0.3, -0.25) is 4.79 Å². The predicted octanol–water partition coefficient (Wildman–Crippen LogP) is 2.16. The average molecular weight is 352 g/mol. The minimum absolute atomic E-state index is 0.189. The zero-order valence-corrected chi connectivity index (χ0v) is 12.0. The Morgan fingerprint density at radius 3 is 3.06 bits per heavy atom. The number of hydrogen-bond donors (Lipinski definition) is 1. The predicted molar refractivity (Wildman–Crippen MR) is 72.3 cm³/mol. The number of rotatable bonds is 8. The van der Waals surface area contributed by atoms with Crippen molar-refractivity contribution in [2.45, 2.75) is 25.9 Å². The summed E-state index contributed by atoms with van der Waals surface area (Å²) in [5.74, 6) is 0.369. The maximum atomic E-state index is 11.6. The van der Waals surface area contributed by atoms with Crippen molar-refractivity contribution in [3.63, 3.8) is 0 Å². The first kappa shape index (κ1) is 14.4. The summed E-state index contributed by atoms with van der Waals surface area (Å²) in [5.41, 5.74) is 0.311. The molecule has 0 unspecified atom stereocenters. The molecule has 96 valence electrons. The fraction of sp³-hybridized carbons (Fsp3) is 0.636. The summed E-state index contributed by atoms with van der Waals surface area (Å²) in [6.07, 6.45) is 3.33. The van der Waals surface area contributed by atoms with Crippen molar-refractivity contribution in [2.75, 3.05) is 18.1 Å². The topological polar surface area (TPSA) is 64.4 Å². The Hall–Kier alpha value is -0.630. The van der Waals surface area contributed by atoms with Gasteiger partial charge in [-0.1, -0.05) is 34.2 Å². The number of aromatic nitrogens is 1. The number of amides is 1. The molecule has 17 heavy (non-hydrogen) atoms. The van der Waals surface area contributed by atoms with Crippen molar-refractivity contribution >= 4 is 28.5 Å². The van der Waals surface area contributed by atoms with Crippen LogP contribution in [0.25, 0.3) is 0 Å². The highest BCUT2D eigenvalue weighted by molar-refractivity contribution is 14.1. The highest BCUT2D eigenvalue weighted by Crippen LogP contribution is 2.04. The van der Waals surface area contributed by atoms with Crippen LogP contribution in [0.2, 0.25) is 0 Å². The number of hydrogen-bond acceptors (Lipinski definition) is 4. The van der Waals surface area contributed by atoms with E-state index in [1.807, 2.05) is 0 Å². The van der Waals surface area contributed by atoms with E-state index in [9.17, 15) is 4.79 Å². The second kappa shape index (κ2) is 8.46. The van der Waals surface area contributed by atoms with E-state index >= 15 is 0 Å². The van der Waals surface area contributed by atoms with Crippen LogP contribution in [0, 0.1) is 0 Å². The molecule has 1 aromatic rings. The van der Waals surface area contributed by atoms with Crippen molar-refractivity contribution in [1.29, 1.82) is 0 Å². The lowest BCUT2D eigenvalue weighted by atomic mass is 10.2. The molecule has 0 spiro atoms. The molecule has 0 radical (unpaired) electrons. The van der Waals surface area contributed by atoms with Crippen LogP contribution in [0.15, 0.2) is 10.6 Å². The van der Waals surface area contributed by atoms with Crippen molar-refractivity contribution in [3.05, 3.63) is 17.5 Å². The van der Waals surface area contributed by atoms with E-state index in [4.69, 9.17) is 9.26 Å². The van der Waals surface area contributed by atoms with Gasteiger partial charge >= 0.3 is 0 Å². The average Bonchev–Trinajstić information content (AvgIpc) is 2.78. The van der Waals surface area contributed by atoms with Gasteiger partial charge in [0.05, 0.1) is 0 Å². The molecule has 0 atom stereocenters. The summed E-state index contributed by atoms with van der Waals surface area (Å²) >= 11 is 2.35. The van der Waals surface area contributed by atoms with E-state index in [-0.39, 0.29) is 5.91 Å². The van der Waals surface area contributed by atoms with Crippen LogP contribution < -0.4 is 5.32 Å². The Kier molecular flexibility index (Phi) is 7.18. The highest BCUT2D eigenvalue weighted by Gasteiger charge is 2.11. The third kappa shape index (κ3) is 5.49. The van der Waals surface area contributed by atoms with Gasteiger partial charge in [0.15, 0.2) is 11.5 Å². The van der Waals surface area contributed by atoms with Gasteiger partial charge in [-0.15, -0.1) is 0 Å². The summed E-state index contributed by atoms with van der Waals surface area (Å²) in [6.45, 7) is 1.01. The normalized spacial score (nSPS) is 10.5. The van der Waals surface area contributed by atoms with Crippen LogP contribution in [0.5, 0.6) is 0 Å². The number of alkyl halides is 1. The molecule has 0 aliphatic carbocycles. The number of methoxy groups -OCH3 is 1. The number of unbranched alkanes of at least 4 members (excludes halogenated alkanes) is 2. The van der Waals surface area contributed by atoms with Crippen LogP contribution in [0.1, 0.15) is 35.5 Å². The van der Waals surface area contributed by atoms with Gasteiger partial charge < -0.3 is 14.6 Å². The first-order valence-electron chi connectivity index (χ1n) is 5.56. The lowest BCUT2D eigenvalue weighted by Gasteiger charge is -2.01. The van der Waals surface area contributed by atoms with Crippen LogP contribution in [0.4, 0.5) is 0 Å². The molecule has 0 bridgehead atoms. The summed E-state index contributed by atoms with van der Waals surface area (Å²) in [5, 5.41) is 6.49. The molecule has 1 N–H and O–H groups in total. The number of carbonyl (C=O) groups excluding carboxylic acids is 1. The first-order chi connectivity index (χ1) is 8.27. The quantitative estimate of drug-likeness (QED) is 0.442. The van der Waals surface area contributed by atoms with Crippen LogP contribution >= 0.6 is 22.6 Å². The fourth-order valence-electron chi connectivity index (χ4n) is 1.32. The standard InChI is InChI=1S/C11H17IN2O3/c1-16-8-9-7-10(14-17-9)11(15)13-6-4-2-3-5-12/h7H,2-6,8H2,1H3,(H,13,15). The Morgan fingerprint density at radius 1 is 1.53 bits per heavy atom. The summed E-state index contributed by atoms with van der Waals surface area (Å²) in [4.78, 5) is 11.6. The van der Waals surface area contributed by atoms with E-state index in [1.165, 1.54) is 6.42 Å². The number of carbonyl (C=O) groups is 1. The summed E-state index contributed by atoms with van der Waals surface area (Å²) < 4.78 is 11.0. The Morgan fingerprint density at radius 2 is 2.35 bits per heavy atom. The van der Waals surface area contributed by atoms with Crippen LogP contribution in [0.3, 0.4) is 0 Å². The van der Waals surface area contributed by atoms with E-state index in [2.05, 4.69) is 33.1 Å². The minimum atomic E-state index is -0.189. The van der Waals surface area contributed by atoms with Gasteiger partial charge in [0, 0.05) is 19.7 Å². The lowest BCUT2D eigenvalue weighted by Crippen LogP contribution is -2.24. The molecule has 6 heteroatoms. The van der Waals surface area contributed by atoms with E-state index in [0.29, 0.717) is 24.6 Å². The molecule has 1 heterocycles. The molecule has 0 saturated heterocycles. The molecule has 1 aromatic heterocycles. The largest absolute Gasteiger partial charge is 0.377 e. The molecular weight excluding hydrogens is 335 g/mol. The van der Waals surface area contributed by atoms with Crippen molar-refractivity contribution in [2.24, 2.45) is 0 Å². The number of nitrogens with one attached hydrogen (secondary N) is 1. The van der Waals surface area contributed by atoms with Gasteiger partial charge in [0.2, 0.25) is 0 Å². The first-order valence-corrected chi connectivity index (χ1v) is 7.09. The minimum Gasteiger partial charge on any atom is -0.377 e. The monoisotopic (exact) mass is 352 g/mol. The maximum absolute atomic E-state index is 11.6. The van der Waals surface area contributed by atoms with E-state index < -0.39 is 0 Å². The number of ether oxygens (including phenoxy) is 1. The Bertz CT molecular complexity index is 341. The number of halogens is 1. The molecule has 0 saturated carbocycles. The molecule has 0 aliphatic heterocycles. The van der Waals surface area contributed by atoms with Crippen molar-refractivity contribution in [3.8, 4) is 0 Å². The zero-order chi connectivity index (χ0) is 12.5. The van der Waals surface area contributed by atoms with Gasteiger partial charge in [-0.2, -0.15) is 0 Å². The third-order valence-corrected chi connectivity index (χ3v) is 2.94. The molecule has 5 nitrogen and oxygen atoms in total. The molecule has 0 aliphatic rings. The smallest absolute Gasteiger partial charge is 0.273 e. The van der Waals surface area contributed by atoms with Gasteiger partial charge in [0.1, 0.15) is 6.61 Å². The zero-order valence-electron chi connectivity index (χ0n) is 9.87. The molecule has 0 fully saturated rings. The Balaban J connectivity index is 2.26. The van der Waals surface area contributed by atoms with Crippen LogP contribution in [-0.4, -0.2) is 29.1 Å². The SMILES string of the molecule is COCc1cc(C(=O)NCCCCCI)no1. The Labute approximate surface area is 114 Å². The number of nitrogens with zero attached hydrogens (tertiary/aromatic N) is 1.